The zero-order valence-corrected chi connectivity index (χ0v) is 15.3. The van der Waals surface area contributed by atoms with Gasteiger partial charge in [0.1, 0.15) is 11.6 Å². The van der Waals surface area contributed by atoms with Gasteiger partial charge in [-0.15, -0.1) is 0 Å². The lowest BCUT2D eigenvalue weighted by Gasteiger charge is -2.26. The van der Waals surface area contributed by atoms with Crippen molar-refractivity contribution in [2.75, 3.05) is 14.2 Å². The van der Waals surface area contributed by atoms with Crippen molar-refractivity contribution in [3.8, 4) is 16.9 Å². The molecule has 3 aromatic rings. The van der Waals surface area contributed by atoms with Crippen LogP contribution in [0.1, 0.15) is 29.9 Å². The van der Waals surface area contributed by atoms with Gasteiger partial charge in [0.25, 0.3) is 0 Å². The van der Waals surface area contributed by atoms with Crippen LogP contribution in [0.15, 0.2) is 24.3 Å². The third-order valence-corrected chi connectivity index (χ3v) is 5.79. The Kier molecular flexibility index (Phi) is 3.71. The van der Waals surface area contributed by atoms with Crippen LogP contribution in [0.4, 0.5) is 0 Å². The Labute approximate surface area is 153 Å². The maximum Gasteiger partial charge on any atom is 0.178 e. The lowest BCUT2D eigenvalue weighted by molar-refractivity contribution is 0.0907. The van der Waals surface area contributed by atoms with E-state index >= 15 is 0 Å². The average molecular weight is 349 g/mol. The number of aromatic nitrogens is 3. The van der Waals surface area contributed by atoms with Crippen LogP contribution in [0.5, 0.6) is 5.75 Å². The molecule has 0 saturated heterocycles. The molecule has 0 fully saturated rings. The number of nitrogens with zero attached hydrogens (tertiary/aromatic N) is 3. The van der Waals surface area contributed by atoms with E-state index in [0.717, 1.165) is 50.0 Å². The van der Waals surface area contributed by atoms with Crippen molar-refractivity contribution in [1.82, 2.24) is 14.5 Å². The Balaban J connectivity index is 1.79. The minimum atomic E-state index is 0.264. The van der Waals surface area contributed by atoms with E-state index in [2.05, 4.69) is 16.7 Å². The minimum Gasteiger partial charge on any atom is -0.497 e. The first-order valence-electron chi connectivity index (χ1n) is 9.36. The third kappa shape index (κ3) is 2.34. The van der Waals surface area contributed by atoms with Gasteiger partial charge in [-0.05, 0) is 42.5 Å². The highest BCUT2D eigenvalue weighted by Gasteiger charge is 2.28. The fraction of sp³-hybridized carbons (Fsp3) is 0.429. The molecular formula is C21H23N3O2. The summed E-state index contributed by atoms with van der Waals surface area (Å²) >= 11 is 0. The summed E-state index contributed by atoms with van der Waals surface area (Å²) in [4.78, 5) is 9.81. The van der Waals surface area contributed by atoms with Crippen LogP contribution in [0.2, 0.25) is 0 Å². The predicted octanol–water partition coefficient (Wildman–Crippen LogP) is 3.56. The first kappa shape index (κ1) is 15.8. The molecule has 0 radical (unpaired) electrons. The number of aryl methyl sites for hydroxylation is 3. The van der Waals surface area contributed by atoms with Crippen molar-refractivity contribution in [2.24, 2.45) is 0 Å². The number of fused-ring (bicyclic) bond motifs is 4. The van der Waals surface area contributed by atoms with Gasteiger partial charge in [0.05, 0.1) is 18.7 Å². The summed E-state index contributed by atoms with van der Waals surface area (Å²) in [6.07, 6.45) is 5.37. The quantitative estimate of drug-likeness (QED) is 0.725. The van der Waals surface area contributed by atoms with Crippen LogP contribution in [0.25, 0.3) is 22.3 Å². The SMILES string of the molecule is COc1ccc(-c2c3c(nc4nc5n(c24)CCC5)CCC(OC)C3)cc1. The van der Waals surface area contributed by atoms with Gasteiger partial charge in [0.15, 0.2) is 5.65 Å². The molecule has 1 unspecified atom stereocenters. The van der Waals surface area contributed by atoms with Gasteiger partial charge in [-0.2, -0.15) is 0 Å². The molecule has 5 nitrogen and oxygen atoms in total. The Morgan fingerprint density at radius 2 is 1.92 bits per heavy atom. The second kappa shape index (κ2) is 6.09. The number of ether oxygens (including phenoxy) is 2. The average Bonchev–Trinajstić information content (AvgIpc) is 3.27. The molecule has 5 rings (SSSR count). The number of imidazole rings is 1. The van der Waals surface area contributed by atoms with E-state index in [1.807, 2.05) is 19.2 Å². The molecule has 5 heteroatoms. The number of rotatable bonds is 3. The second-order valence-electron chi connectivity index (χ2n) is 7.20. The predicted molar refractivity (Wildman–Crippen MR) is 101 cm³/mol. The zero-order valence-electron chi connectivity index (χ0n) is 15.3. The normalized spacial score (nSPS) is 18.8. The summed E-state index contributed by atoms with van der Waals surface area (Å²) < 4.78 is 13.4. The molecular weight excluding hydrogens is 326 g/mol. The fourth-order valence-electron chi connectivity index (χ4n) is 4.44. The number of methoxy groups -OCH3 is 2. The van der Waals surface area contributed by atoms with Crippen molar-refractivity contribution in [3.63, 3.8) is 0 Å². The molecule has 0 spiro atoms. The van der Waals surface area contributed by atoms with E-state index in [1.54, 1.807) is 7.11 Å². The van der Waals surface area contributed by atoms with Crippen molar-refractivity contribution < 1.29 is 9.47 Å². The van der Waals surface area contributed by atoms with Crippen molar-refractivity contribution >= 4 is 11.2 Å². The minimum absolute atomic E-state index is 0.264. The number of hydrogen-bond acceptors (Lipinski definition) is 4. The van der Waals surface area contributed by atoms with Crippen LogP contribution < -0.4 is 4.74 Å². The topological polar surface area (TPSA) is 49.2 Å². The Bertz CT molecular complexity index is 975. The van der Waals surface area contributed by atoms with Crippen LogP contribution in [-0.2, 0) is 30.5 Å². The summed E-state index contributed by atoms with van der Waals surface area (Å²) in [5.41, 5.74) is 7.11. The molecule has 26 heavy (non-hydrogen) atoms. The molecule has 134 valence electrons. The summed E-state index contributed by atoms with van der Waals surface area (Å²) in [7, 11) is 3.51. The van der Waals surface area contributed by atoms with Crippen LogP contribution in [0.3, 0.4) is 0 Å². The summed E-state index contributed by atoms with van der Waals surface area (Å²) in [6.45, 7) is 1.03. The smallest absolute Gasteiger partial charge is 0.178 e. The monoisotopic (exact) mass is 349 g/mol. The van der Waals surface area contributed by atoms with Gasteiger partial charge < -0.3 is 14.0 Å². The molecule has 1 atom stereocenters. The Morgan fingerprint density at radius 1 is 1.08 bits per heavy atom. The van der Waals surface area contributed by atoms with Gasteiger partial charge in [-0.3, -0.25) is 0 Å². The number of hydrogen-bond donors (Lipinski definition) is 0. The van der Waals surface area contributed by atoms with Gasteiger partial charge in [0, 0.05) is 37.8 Å². The maximum absolute atomic E-state index is 5.69. The van der Waals surface area contributed by atoms with Gasteiger partial charge in [-0.1, -0.05) is 12.1 Å². The molecule has 3 heterocycles. The van der Waals surface area contributed by atoms with Crippen molar-refractivity contribution in [2.45, 2.75) is 44.8 Å². The molecule has 2 aromatic heterocycles. The molecule has 0 bridgehead atoms. The van der Waals surface area contributed by atoms with Crippen LogP contribution >= 0.6 is 0 Å². The number of pyridine rings is 1. The van der Waals surface area contributed by atoms with Gasteiger partial charge in [-0.25, -0.2) is 9.97 Å². The van der Waals surface area contributed by atoms with E-state index in [-0.39, 0.29) is 6.10 Å². The van der Waals surface area contributed by atoms with E-state index < -0.39 is 0 Å². The molecule has 0 amide bonds. The standard InChI is InChI=1S/C21H23N3O2/c1-25-14-7-5-13(6-8-14)19-16-12-15(26-2)9-10-17(16)22-21-20(19)24-11-3-4-18(24)23-21/h5-8,15H,3-4,9-12H2,1-2H3. The van der Waals surface area contributed by atoms with E-state index in [9.17, 15) is 0 Å². The molecule has 0 N–H and O–H groups in total. The lowest BCUT2D eigenvalue weighted by atomic mass is 9.87. The van der Waals surface area contributed by atoms with E-state index in [0.29, 0.717) is 0 Å². The molecule has 1 aliphatic carbocycles. The summed E-state index contributed by atoms with van der Waals surface area (Å²) in [5.74, 6) is 2.05. The Morgan fingerprint density at radius 3 is 2.69 bits per heavy atom. The summed E-state index contributed by atoms with van der Waals surface area (Å²) in [5, 5.41) is 0. The number of benzene rings is 1. The second-order valence-corrected chi connectivity index (χ2v) is 7.20. The molecule has 2 aliphatic rings. The Hall–Kier alpha value is -2.40. The molecule has 1 aliphatic heterocycles. The summed E-state index contributed by atoms with van der Waals surface area (Å²) in [6, 6.07) is 8.37. The molecule has 1 aromatic carbocycles. The molecule has 0 saturated carbocycles. The highest BCUT2D eigenvalue weighted by atomic mass is 16.5. The van der Waals surface area contributed by atoms with E-state index in [4.69, 9.17) is 19.4 Å². The van der Waals surface area contributed by atoms with E-state index in [1.165, 1.54) is 33.7 Å². The fourth-order valence-corrected chi connectivity index (χ4v) is 4.44. The zero-order chi connectivity index (χ0) is 17.7. The van der Waals surface area contributed by atoms with Gasteiger partial charge in [0.2, 0.25) is 0 Å². The third-order valence-electron chi connectivity index (χ3n) is 5.79. The highest BCUT2D eigenvalue weighted by Crippen LogP contribution is 2.39. The largest absolute Gasteiger partial charge is 0.497 e. The first-order valence-corrected chi connectivity index (χ1v) is 9.36. The van der Waals surface area contributed by atoms with Crippen LogP contribution in [-0.4, -0.2) is 34.9 Å². The first-order chi connectivity index (χ1) is 12.8. The maximum atomic E-state index is 5.69. The highest BCUT2D eigenvalue weighted by molar-refractivity contribution is 5.93. The van der Waals surface area contributed by atoms with Crippen molar-refractivity contribution in [1.29, 1.82) is 0 Å². The van der Waals surface area contributed by atoms with Crippen LogP contribution in [0, 0.1) is 0 Å². The lowest BCUT2D eigenvalue weighted by Crippen LogP contribution is -2.23. The van der Waals surface area contributed by atoms with Gasteiger partial charge >= 0.3 is 0 Å². The van der Waals surface area contributed by atoms with Crippen molar-refractivity contribution in [3.05, 3.63) is 41.3 Å².